The topological polar surface area (TPSA) is 60.0 Å². The first-order valence-corrected chi connectivity index (χ1v) is 9.85. The van der Waals surface area contributed by atoms with E-state index in [-0.39, 0.29) is 11.4 Å². The maximum atomic E-state index is 13.0. The Hall–Kier alpha value is -2.54. The van der Waals surface area contributed by atoms with Gasteiger partial charge in [0.2, 0.25) is 0 Å². The highest BCUT2D eigenvalue weighted by Crippen LogP contribution is 2.43. The zero-order valence-corrected chi connectivity index (χ0v) is 16.5. The van der Waals surface area contributed by atoms with Crippen molar-refractivity contribution in [2.45, 2.75) is 12.3 Å². The predicted octanol–water partition coefficient (Wildman–Crippen LogP) is 4.38. The van der Waals surface area contributed by atoms with Gasteiger partial charge in [-0.05, 0) is 31.2 Å². The third-order valence-electron chi connectivity index (χ3n) is 4.29. The number of carbonyl (C=O) groups is 1. The molecule has 0 aromatic heterocycles. The average Bonchev–Trinajstić information content (AvgIpc) is 3.19. The largest absolute Gasteiger partial charge is 0.497 e. The Kier molecular flexibility index (Phi) is 6.34. The Morgan fingerprint density at radius 3 is 2.74 bits per heavy atom. The van der Waals surface area contributed by atoms with Gasteiger partial charge in [-0.3, -0.25) is 0 Å². The molecule has 0 aliphatic carbocycles. The van der Waals surface area contributed by atoms with Crippen LogP contribution < -0.4 is 19.5 Å². The van der Waals surface area contributed by atoms with Crippen LogP contribution in [0, 0.1) is 0 Å². The van der Waals surface area contributed by atoms with E-state index in [1.54, 1.807) is 26.0 Å². The molecule has 2 aromatic rings. The summed E-state index contributed by atoms with van der Waals surface area (Å²) in [6.45, 7) is 3.12. The van der Waals surface area contributed by atoms with Gasteiger partial charge in [-0.2, -0.15) is 0 Å². The number of para-hydroxylation sites is 2. The second-order valence-electron chi connectivity index (χ2n) is 5.88. The van der Waals surface area contributed by atoms with Crippen molar-refractivity contribution >= 4 is 23.5 Å². The lowest BCUT2D eigenvalue weighted by molar-refractivity contribution is 0.213. The van der Waals surface area contributed by atoms with Crippen LogP contribution in [0.1, 0.15) is 17.9 Å². The minimum atomic E-state index is -0.157. The lowest BCUT2D eigenvalue weighted by Crippen LogP contribution is -2.34. The molecule has 0 radical (unpaired) electrons. The van der Waals surface area contributed by atoms with E-state index >= 15 is 0 Å². The second kappa shape index (κ2) is 8.90. The highest BCUT2D eigenvalue weighted by molar-refractivity contribution is 7.99. The number of amides is 2. The molecule has 2 aromatic carbocycles. The monoisotopic (exact) mass is 388 g/mol. The van der Waals surface area contributed by atoms with Gasteiger partial charge in [0.1, 0.15) is 22.6 Å². The van der Waals surface area contributed by atoms with Gasteiger partial charge in [0.25, 0.3) is 0 Å². The number of benzene rings is 2. The zero-order chi connectivity index (χ0) is 19.2. The summed E-state index contributed by atoms with van der Waals surface area (Å²) in [5.41, 5.74) is 1.62. The van der Waals surface area contributed by atoms with Gasteiger partial charge in [0.05, 0.1) is 26.5 Å². The smallest absolute Gasteiger partial charge is 0.323 e. The van der Waals surface area contributed by atoms with Crippen molar-refractivity contribution in [1.29, 1.82) is 0 Å². The molecule has 0 spiro atoms. The molecule has 7 heteroatoms. The van der Waals surface area contributed by atoms with Crippen LogP contribution in [-0.2, 0) is 0 Å². The Morgan fingerprint density at radius 1 is 1.19 bits per heavy atom. The molecule has 1 saturated heterocycles. The number of hydrogen-bond acceptors (Lipinski definition) is 5. The van der Waals surface area contributed by atoms with Crippen molar-refractivity contribution in [3.05, 3.63) is 48.0 Å². The number of rotatable bonds is 6. The Balaban J connectivity index is 1.81. The first-order chi connectivity index (χ1) is 13.2. The van der Waals surface area contributed by atoms with Gasteiger partial charge >= 0.3 is 6.03 Å². The third-order valence-corrected chi connectivity index (χ3v) is 5.53. The fraction of sp³-hybridized carbons (Fsp3) is 0.350. The fourth-order valence-electron chi connectivity index (χ4n) is 3.00. The molecule has 1 aliphatic rings. The SMILES string of the molecule is CCOc1ccccc1NC(=O)N1CCS[C@@H]1c1ccc(OC)cc1OC. The summed E-state index contributed by atoms with van der Waals surface area (Å²) in [6, 6.07) is 13.0. The quantitative estimate of drug-likeness (QED) is 0.796. The molecular formula is C20H24N2O4S. The maximum Gasteiger partial charge on any atom is 0.323 e. The van der Waals surface area contributed by atoms with Crippen LogP contribution in [0.15, 0.2) is 42.5 Å². The van der Waals surface area contributed by atoms with Crippen LogP contribution in [-0.4, -0.2) is 44.1 Å². The molecule has 144 valence electrons. The van der Waals surface area contributed by atoms with E-state index in [9.17, 15) is 4.79 Å². The van der Waals surface area contributed by atoms with Crippen LogP contribution in [0.4, 0.5) is 10.5 Å². The molecule has 0 unspecified atom stereocenters. The molecule has 1 N–H and O–H groups in total. The van der Waals surface area contributed by atoms with E-state index in [0.717, 1.165) is 17.1 Å². The summed E-state index contributed by atoms with van der Waals surface area (Å²) in [5.74, 6) is 2.96. The third kappa shape index (κ3) is 4.24. The number of anilines is 1. The number of urea groups is 1. The molecule has 1 aliphatic heterocycles. The summed E-state index contributed by atoms with van der Waals surface area (Å²) >= 11 is 1.71. The average molecular weight is 388 g/mol. The summed E-state index contributed by atoms with van der Waals surface area (Å²) in [4.78, 5) is 14.8. The minimum Gasteiger partial charge on any atom is -0.497 e. The molecule has 6 nitrogen and oxygen atoms in total. The van der Waals surface area contributed by atoms with E-state index in [1.807, 2.05) is 54.3 Å². The highest BCUT2D eigenvalue weighted by Gasteiger charge is 2.33. The minimum absolute atomic E-state index is 0.120. The summed E-state index contributed by atoms with van der Waals surface area (Å²) in [7, 11) is 3.25. The van der Waals surface area contributed by atoms with E-state index in [2.05, 4.69) is 5.32 Å². The van der Waals surface area contributed by atoms with Crippen LogP contribution in [0.25, 0.3) is 0 Å². The second-order valence-corrected chi connectivity index (χ2v) is 7.07. The number of methoxy groups -OCH3 is 2. The van der Waals surface area contributed by atoms with Gasteiger partial charge < -0.3 is 24.4 Å². The van der Waals surface area contributed by atoms with Crippen LogP contribution in [0.2, 0.25) is 0 Å². The van der Waals surface area contributed by atoms with Crippen LogP contribution in [0.3, 0.4) is 0 Å². The van der Waals surface area contributed by atoms with Crippen molar-refractivity contribution in [3.8, 4) is 17.2 Å². The summed E-state index contributed by atoms with van der Waals surface area (Å²) < 4.78 is 16.4. The normalized spacial score (nSPS) is 16.1. The maximum absolute atomic E-state index is 13.0. The molecular weight excluding hydrogens is 364 g/mol. The van der Waals surface area contributed by atoms with E-state index < -0.39 is 0 Å². The standard InChI is InChI=1S/C20H24N2O4S/c1-4-26-17-8-6-5-7-16(17)21-20(23)22-11-12-27-19(22)15-10-9-14(24-2)13-18(15)25-3/h5-10,13,19H,4,11-12H2,1-3H3,(H,21,23)/t19-/m1/s1. The number of hydrogen-bond donors (Lipinski definition) is 1. The van der Waals surface area contributed by atoms with Crippen molar-refractivity contribution in [3.63, 3.8) is 0 Å². The molecule has 1 heterocycles. The molecule has 0 saturated carbocycles. The zero-order valence-electron chi connectivity index (χ0n) is 15.7. The van der Waals surface area contributed by atoms with Crippen molar-refractivity contribution in [2.24, 2.45) is 0 Å². The Morgan fingerprint density at radius 2 is 2.00 bits per heavy atom. The number of thioether (sulfide) groups is 1. The molecule has 2 amide bonds. The molecule has 1 atom stereocenters. The lowest BCUT2D eigenvalue weighted by atomic mass is 10.1. The number of ether oxygens (including phenoxy) is 3. The lowest BCUT2D eigenvalue weighted by Gasteiger charge is -2.26. The van der Waals surface area contributed by atoms with Crippen molar-refractivity contribution in [2.75, 3.05) is 38.4 Å². The van der Waals surface area contributed by atoms with Crippen molar-refractivity contribution < 1.29 is 19.0 Å². The summed E-state index contributed by atoms with van der Waals surface area (Å²) in [5, 5.41) is 2.86. The molecule has 1 fully saturated rings. The Labute approximate surface area is 163 Å². The number of nitrogens with one attached hydrogen (secondary N) is 1. The Bertz CT molecular complexity index is 799. The first kappa shape index (κ1) is 19.2. The van der Waals surface area contributed by atoms with E-state index in [4.69, 9.17) is 14.2 Å². The van der Waals surface area contributed by atoms with Crippen LogP contribution in [0.5, 0.6) is 17.2 Å². The van der Waals surface area contributed by atoms with E-state index in [0.29, 0.717) is 30.3 Å². The first-order valence-electron chi connectivity index (χ1n) is 8.81. The molecule has 3 rings (SSSR count). The van der Waals surface area contributed by atoms with E-state index in [1.165, 1.54) is 0 Å². The van der Waals surface area contributed by atoms with Gasteiger partial charge in [0, 0.05) is 23.9 Å². The van der Waals surface area contributed by atoms with Crippen LogP contribution >= 0.6 is 11.8 Å². The highest BCUT2D eigenvalue weighted by atomic mass is 32.2. The number of carbonyl (C=O) groups excluding carboxylic acids is 1. The number of nitrogens with zero attached hydrogens (tertiary/aromatic N) is 1. The van der Waals surface area contributed by atoms with Gasteiger partial charge in [-0.15, -0.1) is 11.8 Å². The van der Waals surface area contributed by atoms with Gasteiger partial charge in [-0.25, -0.2) is 4.79 Å². The van der Waals surface area contributed by atoms with Crippen molar-refractivity contribution in [1.82, 2.24) is 4.90 Å². The van der Waals surface area contributed by atoms with Gasteiger partial charge in [0.15, 0.2) is 0 Å². The molecule has 0 bridgehead atoms. The summed E-state index contributed by atoms with van der Waals surface area (Å²) in [6.07, 6.45) is 0. The predicted molar refractivity (Wildman–Crippen MR) is 108 cm³/mol. The molecule has 27 heavy (non-hydrogen) atoms. The fourth-order valence-corrected chi connectivity index (χ4v) is 4.28. The van der Waals surface area contributed by atoms with Gasteiger partial charge in [-0.1, -0.05) is 12.1 Å².